The molecule has 0 bridgehead atoms. The van der Waals surface area contributed by atoms with Crippen LogP contribution in [-0.4, -0.2) is 16.7 Å². The number of hydrogen-bond donors (Lipinski definition) is 1. The van der Waals surface area contributed by atoms with Gasteiger partial charge in [0.2, 0.25) is 0 Å². The molecule has 1 N–H and O–H groups in total. The molecule has 20 heavy (non-hydrogen) atoms. The lowest BCUT2D eigenvalue weighted by molar-refractivity contribution is 0.0108. The van der Waals surface area contributed by atoms with Gasteiger partial charge in [0.1, 0.15) is 5.75 Å². The van der Waals surface area contributed by atoms with Crippen LogP contribution in [0.2, 0.25) is 0 Å². The number of hydrogen-bond acceptors (Lipinski definition) is 3. The molecule has 1 aliphatic rings. The van der Waals surface area contributed by atoms with Gasteiger partial charge in [0.15, 0.2) is 0 Å². The first-order chi connectivity index (χ1) is 9.57. The predicted molar refractivity (Wildman–Crippen MR) is 80.7 cm³/mol. The largest absolute Gasteiger partial charge is 0.492 e. The molecule has 1 aliphatic carbocycles. The number of aromatic nitrogens is 1. The van der Waals surface area contributed by atoms with Crippen LogP contribution in [0.1, 0.15) is 64.5 Å². The normalized spacial score (nSPS) is 19.2. The average molecular weight is 277 g/mol. The van der Waals surface area contributed by atoms with Gasteiger partial charge >= 0.3 is 0 Å². The molecule has 0 aliphatic heterocycles. The average Bonchev–Trinajstić information content (AvgIpc) is 2.87. The van der Waals surface area contributed by atoms with Gasteiger partial charge < -0.3 is 9.84 Å². The lowest BCUT2D eigenvalue weighted by Gasteiger charge is -2.36. The Morgan fingerprint density at radius 2 is 2.00 bits per heavy atom. The highest BCUT2D eigenvalue weighted by atomic mass is 16.5. The van der Waals surface area contributed by atoms with E-state index in [1.165, 1.54) is 12.8 Å². The van der Waals surface area contributed by atoms with E-state index in [-0.39, 0.29) is 5.41 Å². The monoisotopic (exact) mass is 277 g/mol. The maximum atomic E-state index is 10.9. The summed E-state index contributed by atoms with van der Waals surface area (Å²) < 4.78 is 5.50. The summed E-state index contributed by atoms with van der Waals surface area (Å²) in [6, 6.07) is 1.95. The number of pyridine rings is 1. The minimum absolute atomic E-state index is 0.0285. The molecule has 0 spiro atoms. The van der Waals surface area contributed by atoms with E-state index in [9.17, 15) is 5.11 Å². The molecule has 3 heteroatoms. The van der Waals surface area contributed by atoms with Gasteiger partial charge in [-0.1, -0.05) is 26.7 Å². The second-order valence-electron chi connectivity index (χ2n) is 6.46. The van der Waals surface area contributed by atoms with Crippen LogP contribution >= 0.6 is 0 Å². The molecule has 1 saturated carbocycles. The standard InChI is InChI=1S/C17H27NO2/c1-4-20-15-9-14(11-18-12-15)16(19)17(10-13(2)3)7-5-6-8-17/h9,11-13,16,19H,4-8,10H2,1-3H3. The molecular formula is C17H27NO2. The van der Waals surface area contributed by atoms with Crippen LogP contribution in [0.3, 0.4) is 0 Å². The SMILES string of the molecule is CCOc1cncc(C(O)C2(CC(C)C)CCCC2)c1. The first kappa shape index (κ1) is 15.3. The molecule has 1 fully saturated rings. The van der Waals surface area contributed by atoms with Crippen molar-refractivity contribution in [1.29, 1.82) is 0 Å². The maximum Gasteiger partial charge on any atom is 0.137 e. The molecule has 3 nitrogen and oxygen atoms in total. The first-order valence-electron chi connectivity index (χ1n) is 7.83. The van der Waals surface area contributed by atoms with Gasteiger partial charge in [-0.2, -0.15) is 0 Å². The van der Waals surface area contributed by atoms with Crippen LogP contribution in [-0.2, 0) is 0 Å². The molecule has 0 amide bonds. The van der Waals surface area contributed by atoms with Crippen LogP contribution in [0.5, 0.6) is 5.75 Å². The van der Waals surface area contributed by atoms with Gasteiger partial charge in [-0.25, -0.2) is 0 Å². The Hall–Kier alpha value is -1.09. The quantitative estimate of drug-likeness (QED) is 0.850. The van der Waals surface area contributed by atoms with E-state index in [0.29, 0.717) is 12.5 Å². The van der Waals surface area contributed by atoms with Gasteiger partial charge in [-0.3, -0.25) is 4.98 Å². The fraction of sp³-hybridized carbons (Fsp3) is 0.706. The van der Waals surface area contributed by atoms with E-state index in [1.54, 1.807) is 12.4 Å². The summed E-state index contributed by atoms with van der Waals surface area (Å²) in [7, 11) is 0. The molecule has 112 valence electrons. The molecule has 0 saturated heterocycles. The Morgan fingerprint density at radius 3 is 2.60 bits per heavy atom. The molecule has 0 radical (unpaired) electrons. The van der Waals surface area contributed by atoms with Crippen molar-refractivity contribution in [1.82, 2.24) is 4.98 Å². The summed E-state index contributed by atoms with van der Waals surface area (Å²) in [6.45, 7) is 7.06. The molecule has 0 aromatic carbocycles. The molecule has 1 unspecified atom stereocenters. The van der Waals surface area contributed by atoms with Crippen molar-refractivity contribution < 1.29 is 9.84 Å². The predicted octanol–water partition coefficient (Wildman–Crippen LogP) is 4.12. The zero-order valence-corrected chi connectivity index (χ0v) is 12.9. The number of aliphatic hydroxyl groups excluding tert-OH is 1. The second kappa shape index (κ2) is 6.57. The van der Waals surface area contributed by atoms with Crippen LogP contribution in [0.25, 0.3) is 0 Å². The number of ether oxygens (including phenoxy) is 1. The van der Waals surface area contributed by atoms with Gasteiger partial charge in [-0.15, -0.1) is 0 Å². The van der Waals surface area contributed by atoms with Crippen molar-refractivity contribution in [2.75, 3.05) is 6.61 Å². The Morgan fingerprint density at radius 1 is 1.30 bits per heavy atom. The fourth-order valence-corrected chi connectivity index (χ4v) is 3.67. The second-order valence-corrected chi connectivity index (χ2v) is 6.46. The highest BCUT2D eigenvalue weighted by molar-refractivity contribution is 5.26. The molecule has 2 rings (SSSR count). The Kier molecular flexibility index (Phi) is 5.03. The lowest BCUT2D eigenvalue weighted by Crippen LogP contribution is -2.28. The van der Waals surface area contributed by atoms with E-state index in [0.717, 1.165) is 30.6 Å². The lowest BCUT2D eigenvalue weighted by atomic mass is 9.72. The first-order valence-corrected chi connectivity index (χ1v) is 7.83. The molecular weight excluding hydrogens is 250 g/mol. The van der Waals surface area contributed by atoms with Crippen molar-refractivity contribution in [3.63, 3.8) is 0 Å². The summed E-state index contributed by atoms with van der Waals surface area (Å²) in [5.41, 5.74) is 0.930. The van der Waals surface area contributed by atoms with E-state index >= 15 is 0 Å². The summed E-state index contributed by atoms with van der Waals surface area (Å²) in [5.74, 6) is 1.35. The van der Waals surface area contributed by atoms with Gasteiger partial charge in [0.25, 0.3) is 0 Å². The Labute approximate surface area is 122 Å². The minimum atomic E-state index is -0.430. The van der Waals surface area contributed by atoms with E-state index < -0.39 is 6.10 Å². The van der Waals surface area contributed by atoms with Crippen LogP contribution in [0.15, 0.2) is 18.5 Å². The topological polar surface area (TPSA) is 42.4 Å². The number of aliphatic hydroxyl groups is 1. The van der Waals surface area contributed by atoms with Crippen molar-refractivity contribution in [2.45, 2.75) is 59.0 Å². The summed E-state index contributed by atoms with van der Waals surface area (Å²) in [4.78, 5) is 4.22. The van der Waals surface area contributed by atoms with Gasteiger partial charge in [0.05, 0.1) is 18.9 Å². The molecule has 1 aromatic heterocycles. The third-order valence-corrected chi connectivity index (χ3v) is 4.36. The summed E-state index contributed by atoms with van der Waals surface area (Å²) >= 11 is 0. The summed E-state index contributed by atoms with van der Waals surface area (Å²) in [5, 5.41) is 10.9. The van der Waals surface area contributed by atoms with Crippen molar-refractivity contribution in [3.8, 4) is 5.75 Å². The van der Waals surface area contributed by atoms with Crippen molar-refractivity contribution in [2.24, 2.45) is 11.3 Å². The van der Waals surface area contributed by atoms with Crippen LogP contribution in [0, 0.1) is 11.3 Å². The Bertz CT molecular complexity index is 425. The van der Waals surface area contributed by atoms with Crippen LogP contribution in [0.4, 0.5) is 0 Å². The third-order valence-electron chi connectivity index (χ3n) is 4.36. The molecule has 1 aromatic rings. The van der Waals surface area contributed by atoms with E-state index in [4.69, 9.17) is 4.74 Å². The minimum Gasteiger partial charge on any atom is -0.492 e. The number of nitrogens with zero attached hydrogens (tertiary/aromatic N) is 1. The fourth-order valence-electron chi connectivity index (χ4n) is 3.67. The molecule has 1 atom stereocenters. The maximum absolute atomic E-state index is 10.9. The highest BCUT2D eigenvalue weighted by Gasteiger charge is 2.41. The number of rotatable bonds is 6. The summed E-state index contributed by atoms with van der Waals surface area (Å²) in [6.07, 6.45) is 8.82. The van der Waals surface area contributed by atoms with Gasteiger partial charge in [0, 0.05) is 17.2 Å². The third kappa shape index (κ3) is 3.32. The van der Waals surface area contributed by atoms with Gasteiger partial charge in [-0.05, 0) is 38.2 Å². The van der Waals surface area contributed by atoms with Crippen molar-refractivity contribution >= 4 is 0 Å². The highest BCUT2D eigenvalue weighted by Crippen LogP contribution is 2.51. The van der Waals surface area contributed by atoms with E-state index in [2.05, 4.69) is 18.8 Å². The van der Waals surface area contributed by atoms with E-state index in [1.807, 2.05) is 13.0 Å². The zero-order valence-electron chi connectivity index (χ0n) is 12.9. The smallest absolute Gasteiger partial charge is 0.137 e. The van der Waals surface area contributed by atoms with Crippen LogP contribution < -0.4 is 4.74 Å². The zero-order chi connectivity index (χ0) is 14.6. The Balaban J connectivity index is 2.23. The van der Waals surface area contributed by atoms with Crippen molar-refractivity contribution in [3.05, 3.63) is 24.0 Å². The molecule has 1 heterocycles.